The predicted molar refractivity (Wildman–Crippen MR) is 148 cm³/mol. The molecule has 7 heteroatoms. The molecule has 5 aromatic rings. The summed E-state index contributed by atoms with van der Waals surface area (Å²) in [5.74, 6) is 0.0398. The molecule has 0 aliphatic carbocycles. The lowest BCUT2D eigenvalue weighted by atomic mass is 9.99. The maximum absolute atomic E-state index is 12.9. The summed E-state index contributed by atoms with van der Waals surface area (Å²) >= 11 is 2.92. The molecule has 2 N–H and O–H groups in total. The molecule has 2 amide bonds. The van der Waals surface area contributed by atoms with Crippen molar-refractivity contribution in [2.24, 2.45) is 0 Å². The van der Waals surface area contributed by atoms with Gasteiger partial charge in [-0.25, -0.2) is 4.98 Å². The van der Waals surface area contributed by atoms with Gasteiger partial charge in [-0.1, -0.05) is 90.6 Å². The molecule has 36 heavy (non-hydrogen) atoms. The number of nitrogens with one attached hydrogen (secondary N) is 2. The first-order valence-corrected chi connectivity index (χ1v) is 13.2. The molecule has 0 saturated heterocycles. The van der Waals surface area contributed by atoms with E-state index in [1.54, 1.807) is 12.1 Å². The SMILES string of the molecule is O=C(CSc1nc2ccc(NC(=O)c3ccccc3)cc2s1)NC(c1ccccc1)c1ccccc1. The molecule has 0 unspecified atom stereocenters. The van der Waals surface area contributed by atoms with Gasteiger partial charge in [-0.05, 0) is 41.5 Å². The fourth-order valence-corrected chi connectivity index (χ4v) is 5.73. The average Bonchev–Trinajstić information content (AvgIpc) is 3.34. The number of thiazole rings is 1. The molecule has 0 bridgehead atoms. The first kappa shape index (κ1) is 23.8. The summed E-state index contributed by atoms with van der Waals surface area (Å²) in [6, 6.07) is 34.5. The lowest BCUT2D eigenvalue weighted by molar-refractivity contribution is -0.119. The summed E-state index contributed by atoms with van der Waals surface area (Å²) in [6.07, 6.45) is 0. The lowest BCUT2D eigenvalue weighted by Gasteiger charge is -2.19. The Labute approximate surface area is 217 Å². The number of hydrogen-bond acceptors (Lipinski definition) is 5. The smallest absolute Gasteiger partial charge is 0.255 e. The van der Waals surface area contributed by atoms with Crippen molar-refractivity contribution in [1.82, 2.24) is 10.3 Å². The first-order valence-electron chi connectivity index (χ1n) is 11.4. The molecule has 0 fully saturated rings. The number of nitrogens with zero attached hydrogens (tertiary/aromatic N) is 1. The van der Waals surface area contributed by atoms with Crippen LogP contribution in [0.4, 0.5) is 5.69 Å². The zero-order chi connectivity index (χ0) is 24.7. The number of benzene rings is 4. The summed E-state index contributed by atoms with van der Waals surface area (Å²) in [5.41, 5.74) is 4.22. The Bertz CT molecular complexity index is 1430. The number of amides is 2. The van der Waals surface area contributed by atoms with E-state index in [9.17, 15) is 9.59 Å². The molecule has 0 saturated carbocycles. The highest BCUT2D eigenvalue weighted by Gasteiger charge is 2.17. The Morgan fingerprint density at radius 2 is 1.42 bits per heavy atom. The van der Waals surface area contributed by atoms with Crippen LogP contribution in [0.25, 0.3) is 10.2 Å². The number of rotatable bonds is 8. The van der Waals surface area contributed by atoms with Gasteiger partial charge in [0.15, 0.2) is 4.34 Å². The maximum Gasteiger partial charge on any atom is 0.255 e. The van der Waals surface area contributed by atoms with Crippen molar-refractivity contribution in [3.8, 4) is 0 Å². The minimum atomic E-state index is -0.216. The van der Waals surface area contributed by atoms with Crippen LogP contribution in [0.3, 0.4) is 0 Å². The van der Waals surface area contributed by atoms with Crippen molar-refractivity contribution < 1.29 is 9.59 Å². The molecule has 5 rings (SSSR count). The van der Waals surface area contributed by atoms with E-state index in [4.69, 9.17) is 0 Å². The van der Waals surface area contributed by atoms with E-state index >= 15 is 0 Å². The number of carbonyl (C=O) groups is 2. The van der Waals surface area contributed by atoms with Gasteiger partial charge in [-0.2, -0.15) is 0 Å². The Morgan fingerprint density at radius 3 is 2.06 bits per heavy atom. The number of carbonyl (C=O) groups excluding carboxylic acids is 2. The Balaban J connectivity index is 1.24. The molecule has 1 heterocycles. The predicted octanol–water partition coefficient (Wildman–Crippen LogP) is 6.55. The van der Waals surface area contributed by atoms with Crippen molar-refractivity contribution in [2.45, 2.75) is 10.4 Å². The van der Waals surface area contributed by atoms with E-state index in [0.29, 0.717) is 11.3 Å². The van der Waals surface area contributed by atoms with Crippen molar-refractivity contribution in [1.29, 1.82) is 0 Å². The highest BCUT2D eigenvalue weighted by atomic mass is 32.2. The molecule has 0 atom stereocenters. The third-order valence-electron chi connectivity index (χ3n) is 5.56. The minimum Gasteiger partial charge on any atom is -0.344 e. The van der Waals surface area contributed by atoms with Gasteiger partial charge in [0.2, 0.25) is 5.91 Å². The van der Waals surface area contributed by atoms with Crippen LogP contribution < -0.4 is 10.6 Å². The van der Waals surface area contributed by atoms with Gasteiger partial charge < -0.3 is 10.6 Å². The average molecular weight is 510 g/mol. The van der Waals surface area contributed by atoms with E-state index in [1.807, 2.05) is 97.1 Å². The third kappa shape index (κ3) is 5.82. The van der Waals surface area contributed by atoms with E-state index in [2.05, 4.69) is 15.6 Å². The summed E-state index contributed by atoms with van der Waals surface area (Å²) in [4.78, 5) is 30.0. The molecule has 1 aromatic heterocycles. The monoisotopic (exact) mass is 509 g/mol. The second-order valence-corrected chi connectivity index (χ2v) is 10.3. The molecule has 0 aliphatic rings. The second kappa shape index (κ2) is 11.2. The van der Waals surface area contributed by atoms with Gasteiger partial charge in [0.1, 0.15) is 0 Å². The second-order valence-electron chi connectivity index (χ2n) is 8.09. The number of fused-ring (bicyclic) bond motifs is 1. The molecule has 0 aliphatic heterocycles. The van der Waals surface area contributed by atoms with Crippen LogP contribution in [0.1, 0.15) is 27.5 Å². The van der Waals surface area contributed by atoms with Crippen molar-refractivity contribution in [3.63, 3.8) is 0 Å². The lowest BCUT2D eigenvalue weighted by Crippen LogP contribution is -2.30. The zero-order valence-electron chi connectivity index (χ0n) is 19.3. The van der Waals surface area contributed by atoms with Crippen LogP contribution in [0.15, 0.2) is 114 Å². The van der Waals surface area contributed by atoms with Crippen LogP contribution >= 0.6 is 23.1 Å². The largest absolute Gasteiger partial charge is 0.344 e. The van der Waals surface area contributed by atoms with Gasteiger partial charge in [0.25, 0.3) is 5.91 Å². The van der Waals surface area contributed by atoms with E-state index in [1.165, 1.54) is 23.1 Å². The van der Waals surface area contributed by atoms with Crippen molar-refractivity contribution in [3.05, 3.63) is 126 Å². The van der Waals surface area contributed by atoms with Gasteiger partial charge >= 0.3 is 0 Å². The van der Waals surface area contributed by atoms with Gasteiger partial charge in [0.05, 0.1) is 22.0 Å². The molecule has 0 spiro atoms. The van der Waals surface area contributed by atoms with Crippen LogP contribution in [0.2, 0.25) is 0 Å². The first-order chi connectivity index (χ1) is 17.7. The molecular formula is C29H23N3O2S2. The van der Waals surface area contributed by atoms with Gasteiger partial charge in [-0.3, -0.25) is 9.59 Å². The highest BCUT2D eigenvalue weighted by molar-refractivity contribution is 8.01. The summed E-state index contributed by atoms with van der Waals surface area (Å²) in [5, 5.41) is 6.10. The summed E-state index contributed by atoms with van der Waals surface area (Å²) in [6.45, 7) is 0. The Morgan fingerprint density at radius 1 is 0.806 bits per heavy atom. The van der Waals surface area contributed by atoms with Crippen molar-refractivity contribution >= 4 is 50.8 Å². The van der Waals surface area contributed by atoms with E-state index < -0.39 is 0 Å². The summed E-state index contributed by atoms with van der Waals surface area (Å²) < 4.78 is 1.76. The standard InChI is InChI=1S/C29H23N3O2S2/c33-26(32-27(20-10-4-1-5-11-20)21-12-6-2-7-13-21)19-35-29-31-24-17-16-23(18-25(24)36-29)30-28(34)22-14-8-3-9-15-22/h1-18,27H,19H2,(H,30,34)(H,32,33). The number of hydrogen-bond donors (Lipinski definition) is 2. The van der Waals surface area contributed by atoms with E-state index in [0.717, 1.165) is 25.7 Å². The van der Waals surface area contributed by atoms with Crippen LogP contribution in [-0.2, 0) is 4.79 Å². The quantitative estimate of drug-likeness (QED) is 0.233. The van der Waals surface area contributed by atoms with Crippen LogP contribution in [-0.4, -0.2) is 22.6 Å². The zero-order valence-corrected chi connectivity index (χ0v) is 20.9. The highest BCUT2D eigenvalue weighted by Crippen LogP contribution is 2.31. The normalized spacial score (nSPS) is 10.9. The molecule has 178 valence electrons. The third-order valence-corrected chi connectivity index (χ3v) is 7.72. The topological polar surface area (TPSA) is 71.1 Å². The molecular weight excluding hydrogens is 486 g/mol. The molecule has 4 aromatic carbocycles. The minimum absolute atomic E-state index is 0.0622. The van der Waals surface area contributed by atoms with Crippen molar-refractivity contribution in [2.75, 3.05) is 11.1 Å². The number of thioether (sulfide) groups is 1. The van der Waals surface area contributed by atoms with Crippen LogP contribution in [0, 0.1) is 0 Å². The fourth-order valence-electron chi connectivity index (χ4n) is 3.82. The molecule has 5 nitrogen and oxygen atoms in total. The summed E-state index contributed by atoms with van der Waals surface area (Å²) in [7, 11) is 0. The van der Waals surface area contributed by atoms with Crippen LogP contribution in [0.5, 0.6) is 0 Å². The Hall–Kier alpha value is -3.94. The Kier molecular flexibility index (Phi) is 7.40. The van der Waals surface area contributed by atoms with Gasteiger partial charge in [0, 0.05) is 11.3 Å². The number of anilines is 1. The fraction of sp³-hybridized carbons (Fsp3) is 0.0690. The number of aromatic nitrogens is 1. The van der Waals surface area contributed by atoms with Gasteiger partial charge in [-0.15, -0.1) is 11.3 Å². The maximum atomic E-state index is 12.9. The van der Waals surface area contributed by atoms with E-state index in [-0.39, 0.29) is 23.6 Å². The molecule has 0 radical (unpaired) electrons.